The Kier molecular flexibility index (Phi) is 2.70. The average molecular weight is 210 g/mol. The highest BCUT2D eigenvalue weighted by atomic mass is 16.5. The van der Waals surface area contributed by atoms with Crippen LogP contribution >= 0.6 is 0 Å². The van der Waals surface area contributed by atoms with Crippen molar-refractivity contribution in [3.05, 3.63) is 12.4 Å². The fraction of sp³-hybridized carbons (Fsp3) is 0.556. The van der Waals surface area contributed by atoms with Crippen molar-refractivity contribution in [2.24, 2.45) is 5.73 Å². The Balaban J connectivity index is 2.00. The van der Waals surface area contributed by atoms with E-state index in [9.17, 15) is 4.79 Å². The second kappa shape index (κ2) is 4.00. The summed E-state index contributed by atoms with van der Waals surface area (Å²) in [5.74, 6) is -0.174. The van der Waals surface area contributed by atoms with Gasteiger partial charge in [-0.15, -0.1) is 0 Å². The maximum atomic E-state index is 11.9. The van der Waals surface area contributed by atoms with Gasteiger partial charge in [0.25, 0.3) is 0 Å². The van der Waals surface area contributed by atoms with Crippen molar-refractivity contribution < 1.29 is 9.53 Å². The third-order valence-corrected chi connectivity index (χ3v) is 2.59. The maximum absolute atomic E-state index is 11.9. The smallest absolute Gasteiger partial charge is 0.244 e. The number of hydrogen-bond acceptors (Lipinski definition) is 4. The lowest BCUT2D eigenvalue weighted by Gasteiger charge is -2.31. The number of anilines is 1. The van der Waals surface area contributed by atoms with E-state index < -0.39 is 5.54 Å². The van der Waals surface area contributed by atoms with Gasteiger partial charge in [0.05, 0.1) is 11.9 Å². The third kappa shape index (κ3) is 2.16. The molecule has 15 heavy (non-hydrogen) atoms. The van der Waals surface area contributed by atoms with Gasteiger partial charge in [-0.1, -0.05) is 0 Å². The number of H-pyrrole nitrogens is 1. The molecule has 6 heteroatoms. The Hall–Kier alpha value is -1.40. The predicted octanol–water partition coefficient (Wildman–Crippen LogP) is -0.144. The third-order valence-electron chi connectivity index (χ3n) is 2.59. The topological polar surface area (TPSA) is 93.0 Å². The molecule has 2 rings (SSSR count). The van der Waals surface area contributed by atoms with E-state index in [-0.39, 0.29) is 5.91 Å². The molecule has 1 saturated heterocycles. The number of rotatable bonds is 2. The van der Waals surface area contributed by atoms with E-state index in [0.29, 0.717) is 31.7 Å². The van der Waals surface area contributed by atoms with E-state index in [4.69, 9.17) is 10.5 Å². The molecule has 4 N–H and O–H groups in total. The number of nitrogens with two attached hydrogens (primary N) is 1. The van der Waals surface area contributed by atoms with E-state index in [1.807, 2.05) is 0 Å². The van der Waals surface area contributed by atoms with Gasteiger partial charge in [-0.2, -0.15) is 5.10 Å². The van der Waals surface area contributed by atoms with Gasteiger partial charge in [-0.25, -0.2) is 0 Å². The lowest BCUT2D eigenvalue weighted by atomic mass is 9.90. The van der Waals surface area contributed by atoms with Crippen molar-refractivity contribution in [2.45, 2.75) is 18.4 Å². The molecular weight excluding hydrogens is 196 g/mol. The summed E-state index contributed by atoms with van der Waals surface area (Å²) in [5, 5.41) is 9.08. The van der Waals surface area contributed by atoms with Crippen LogP contribution in [-0.4, -0.2) is 34.9 Å². The molecule has 1 fully saturated rings. The van der Waals surface area contributed by atoms with Gasteiger partial charge in [0.2, 0.25) is 5.91 Å². The van der Waals surface area contributed by atoms with Crippen LogP contribution in [0.15, 0.2) is 12.4 Å². The van der Waals surface area contributed by atoms with Gasteiger partial charge in [-0.3, -0.25) is 9.89 Å². The van der Waals surface area contributed by atoms with Gasteiger partial charge >= 0.3 is 0 Å². The van der Waals surface area contributed by atoms with E-state index in [2.05, 4.69) is 15.5 Å². The van der Waals surface area contributed by atoms with E-state index in [1.165, 1.54) is 0 Å². The standard InChI is InChI=1S/C9H14N4O2/c10-9(1-3-15-4-2-9)8(14)13-7-5-11-12-6-7/h5-6H,1-4,10H2,(H,11,12)(H,13,14). The Bertz CT molecular complexity index is 330. The molecule has 0 aromatic carbocycles. The van der Waals surface area contributed by atoms with Crippen LogP contribution < -0.4 is 11.1 Å². The molecule has 82 valence electrons. The fourth-order valence-electron chi connectivity index (χ4n) is 1.54. The highest BCUT2D eigenvalue weighted by Crippen LogP contribution is 2.19. The molecule has 2 heterocycles. The highest BCUT2D eigenvalue weighted by molar-refractivity contribution is 5.97. The van der Waals surface area contributed by atoms with Gasteiger partial charge in [-0.05, 0) is 12.8 Å². The van der Waals surface area contributed by atoms with Crippen LogP contribution in [-0.2, 0) is 9.53 Å². The maximum Gasteiger partial charge on any atom is 0.244 e. The quantitative estimate of drug-likeness (QED) is 0.633. The first kappa shape index (κ1) is 10.1. The minimum atomic E-state index is -0.810. The molecule has 1 aromatic heterocycles. The fourth-order valence-corrected chi connectivity index (χ4v) is 1.54. The first-order valence-corrected chi connectivity index (χ1v) is 4.88. The van der Waals surface area contributed by atoms with E-state index in [1.54, 1.807) is 12.4 Å². The Morgan fingerprint density at radius 3 is 2.93 bits per heavy atom. The van der Waals surface area contributed by atoms with Crippen molar-refractivity contribution in [1.29, 1.82) is 0 Å². The molecule has 0 spiro atoms. The summed E-state index contributed by atoms with van der Waals surface area (Å²) in [4.78, 5) is 11.9. The zero-order chi connectivity index (χ0) is 10.7. The number of carbonyl (C=O) groups is 1. The van der Waals surface area contributed by atoms with Gasteiger partial charge in [0.15, 0.2) is 0 Å². The molecule has 0 bridgehead atoms. The van der Waals surface area contributed by atoms with Crippen molar-refractivity contribution in [2.75, 3.05) is 18.5 Å². The van der Waals surface area contributed by atoms with Crippen LogP contribution in [0, 0.1) is 0 Å². The van der Waals surface area contributed by atoms with Gasteiger partial charge < -0.3 is 15.8 Å². The summed E-state index contributed by atoms with van der Waals surface area (Å²) >= 11 is 0. The molecule has 1 aliphatic heterocycles. The zero-order valence-corrected chi connectivity index (χ0v) is 8.32. The first-order valence-electron chi connectivity index (χ1n) is 4.88. The average Bonchev–Trinajstić information content (AvgIpc) is 2.71. The molecule has 0 unspecified atom stereocenters. The van der Waals surface area contributed by atoms with Crippen LogP contribution in [0.25, 0.3) is 0 Å². The normalized spacial score (nSPS) is 19.8. The summed E-state index contributed by atoms with van der Waals surface area (Å²) in [6.07, 6.45) is 4.26. The molecule has 6 nitrogen and oxygen atoms in total. The summed E-state index contributed by atoms with van der Waals surface area (Å²) in [7, 11) is 0. The monoisotopic (exact) mass is 210 g/mol. The molecule has 0 radical (unpaired) electrons. The second-order valence-corrected chi connectivity index (χ2v) is 3.71. The minimum Gasteiger partial charge on any atom is -0.381 e. The molecule has 0 saturated carbocycles. The Labute approximate surface area is 87.2 Å². The zero-order valence-electron chi connectivity index (χ0n) is 8.32. The largest absolute Gasteiger partial charge is 0.381 e. The van der Waals surface area contributed by atoms with Crippen LogP contribution in [0.1, 0.15) is 12.8 Å². The summed E-state index contributed by atoms with van der Waals surface area (Å²) in [5.41, 5.74) is 5.82. The number of aromatic nitrogens is 2. The SMILES string of the molecule is NC1(C(=O)Nc2cn[nH]c2)CCOCC1. The number of amides is 1. The molecule has 1 amide bonds. The molecule has 1 aliphatic rings. The summed E-state index contributed by atoms with van der Waals surface area (Å²) < 4.78 is 5.17. The lowest BCUT2D eigenvalue weighted by Crippen LogP contribution is -2.54. The predicted molar refractivity (Wildman–Crippen MR) is 54.2 cm³/mol. The van der Waals surface area contributed by atoms with E-state index in [0.717, 1.165) is 0 Å². The van der Waals surface area contributed by atoms with Crippen LogP contribution in [0.5, 0.6) is 0 Å². The Morgan fingerprint density at radius 2 is 2.33 bits per heavy atom. The molecule has 0 atom stereocenters. The first-order chi connectivity index (χ1) is 7.21. The summed E-state index contributed by atoms with van der Waals surface area (Å²) in [6, 6.07) is 0. The van der Waals surface area contributed by atoms with Crippen molar-refractivity contribution in [1.82, 2.24) is 10.2 Å². The van der Waals surface area contributed by atoms with E-state index >= 15 is 0 Å². The second-order valence-electron chi connectivity index (χ2n) is 3.71. The number of carbonyl (C=O) groups excluding carboxylic acids is 1. The molecule has 0 aliphatic carbocycles. The number of nitrogens with zero attached hydrogens (tertiary/aromatic N) is 1. The molecular formula is C9H14N4O2. The van der Waals surface area contributed by atoms with Crippen LogP contribution in [0.4, 0.5) is 5.69 Å². The van der Waals surface area contributed by atoms with Crippen molar-refractivity contribution in [3.8, 4) is 0 Å². The van der Waals surface area contributed by atoms with Gasteiger partial charge in [0.1, 0.15) is 5.54 Å². The highest BCUT2D eigenvalue weighted by Gasteiger charge is 2.35. The van der Waals surface area contributed by atoms with Crippen LogP contribution in [0.3, 0.4) is 0 Å². The molecule has 1 aromatic rings. The summed E-state index contributed by atoms with van der Waals surface area (Å²) in [6.45, 7) is 1.07. The lowest BCUT2D eigenvalue weighted by molar-refractivity contribution is -0.124. The van der Waals surface area contributed by atoms with Crippen LogP contribution in [0.2, 0.25) is 0 Å². The number of hydrogen-bond donors (Lipinski definition) is 3. The van der Waals surface area contributed by atoms with Crippen molar-refractivity contribution >= 4 is 11.6 Å². The van der Waals surface area contributed by atoms with Crippen molar-refractivity contribution in [3.63, 3.8) is 0 Å². The van der Waals surface area contributed by atoms with Gasteiger partial charge in [0, 0.05) is 19.4 Å². The number of nitrogens with one attached hydrogen (secondary N) is 2. The minimum absolute atomic E-state index is 0.174. The number of aromatic amines is 1. The Morgan fingerprint density at radius 1 is 1.60 bits per heavy atom. The number of ether oxygens (including phenoxy) is 1.